The van der Waals surface area contributed by atoms with Gasteiger partial charge in [-0.1, -0.05) is 0 Å². The number of ether oxygens (including phenoxy) is 2. The summed E-state index contributed by atoms with van der Waals surface area (Å²) in [4.78, 5) is 13.6. The van der Waals surface area contributed by atoms with E-state index in [9.17, 15) is 9.90 Å². The van der Waals surface area contributed by atoms with Crippen LogP contribution < -0.4 is 0 Å². The van der Waals surface area contributed by atoms with Crippen molar-refractivity contribution in [2.24, 2.45) is 0 Å². The molecule has 2 aliphatic heterocycles. The fourth-order valence-electron chi connectivity index (χ4n) is 2.21. The Hall–Kier alpha value is -0.810. The average Bonchev–Trinajstić information content (AvgIpc) is 2.39. The van der Waals surface area contributed by atoms with E-state index < -0.39 is 11.7 Å². The Morgan fingerprint density at radius 2 is 2.12 bits per heavy atom. The lowest BCUT2D eigenvalue weighted by atomic mass is 9.94. The molecule has 1 amide bonds. The maximum atomic E-state index is 12.0. The largest absolute Gasteiger partial charge is 0.444 e. The summed E-state index contributed by atoms with van der Waals surface area (Å²) in [5.74, 6) is 0. The first-order valence-corrected chi connectivity index (χ1v) is 5.59. The van der Waals surface area contributed by atoms with E-state index in [0.717, 1.165) is 0 Å². The summed E-state index contributed by atoms with van der Waals surface area (Å²) in [6.07, 6.45) is -0.226. The van der Waals surface area contributed by atoms with Crippen LogP contribution in [0.2, 0.25) is 0 Å². The molecule has 0 aromatic rings. The minimum atomic E-state index is -0.504. The number of hydrogen-bond donors (Lipinski definition) is 1. The number of hydrogen-bond acceptors (Lipinski definition) is 4. The van der Waals surface area contributed by atoms with Gasteiger partial charge in [0.05, 0.1) is 31.4 Å². The highest BCUT2D eigenvalue weighted by molar-refractivity contribution is 5.70. The summed E-state index contributed by atoms with van der Waals surface area (Å²) < 4.78 is 10.5. The molecule has 0 radical (unpaired) electrons. The number of aliphatic hydroxyl groups excluding tert-OH is 1. The molecule has 5 heteroatoms. The number of aliphatic hydroxyl groups is 1. The molecule has 0 aromatic heterocycles. The van der Waals surface area contributed by atoms with Crippen LogP contribution in [0.15, 0.2) is 0 Å². The molecular formula is C11H19NO4. The van der Waals surface area contributed by atoms with Gasteiger partial charge in [-0.3, -0.25) is 4.90 Å². The quantitative estimate of drug-likeness (QED) is 0.666. The smallest absolute Gasteiger partial charge is 0.411 e. The number of carbonyl (C=O) groups excluding carboxylic acids is 1. The molecular weight excluding hydrogens is 210 g/mol. The predicted octanol–water partition coefficient (Wildman–Crippen LogP) is 0.757. The molecule has 1 spiro atoms. The Bertz CT molecular complexity index is 293. The Balaban J connectivity index is 2.05. The van der Waals surface area contributed by atoms with Gasteiger partial charge in [0.15, 0.2) is 0 Å². The SMILES string of the molecule is CC(C)(C)OC(=O)N1CC(O)CC12COC2. The molecule has 92 valence electrons. The molecule has 1 N–H and O–H groups in total. The van der Waals surface area contributed by atoms with Gasteiger partial charge in [-0.25, -0.2) is 4.79 Å². The summed E-state index contributed by atoms with van der Waals surface area (Å²) in [6.45, 7) is 6.86. The number of likely N-dealkylation sites (tertiary alicyclic amines) is 1. The first-order valence-electron chi connectivity index (χ1n) is 5.59. The van der Waals surface area contributed by atoms with Crippen LogP contribution in [0.4, 0.5) is 4.79 Å². The predicted molar refractivity (Wildman–Crippen MR) is 57.1 cm³/mol. The van der Waals surface area contributed by atoms with E-state index in [1.54, 1.807) is 4.90 Å². The fraction of sp³-hybridized carbons (Fsp3) is 0.909. The molecule has 2 saturated heterocycles. The highest BCUT2D eigenvalue weighted by atomic mass is 16.6. The first kappa shape index (κ1) is 11.7. The number of β-amino-alcohol motifs (C(OH)–C–C–N with tert-alkyl or cyclic N) is 1. The average molecular weight is 229 g/mol. The van der Waals surface area contributed by atoms with Crippen LogP contribution in [-0.4, -0.2) is 53.1 Å². The zero-order valence-corrected chi connectivity index (χ0v) is 10.0. The van der Waals surface area contributed by atoms with Gasteiger partial charge in [-0.05, 0) is 20.8 Å². The molecule has 2 fully saturated rings. The molecule has 16 heavy (non-hydrogen) atoms. The highest BCUT2D eigenvalue weighted by Crippen LogP contribution is 2.36. The van der Waals surface area contributed by atoms with Crippen molar-refractivity contribution >= 4 is 6.09 Å². The van der Waals surface area contributed by atoms with E-state index >= 15 is 0 Å². The molecule has 0 saturated carbocycles. The minimum Gasteiger partial charge on any atom is -0.444 e. The van der Waals surface area contributed by atoms with Crippen molar-refractivity contribution in [2.75, 3.05) is 19.8 Å². The second-order valence-corrected chi connectivity index (χ2v) is 5.67. The first-order chi connectivity index (χ1) is 7.32. The molecule has 1 unspecified atom stereocenters. The van der Waals surface area contributed by atoms with Gasteiger partial charge in [0.2, 0.25) is 0 Å². The van der Waals surface area contributed by atoms with E-state index in [-0.39, 0.29) is 11.6 Å². The summed E-state index contributed by atoms with van der Waals surface area (Å²) in [5.41, 5.74) is -0.821. The van der Waals surface area contributed by atoms with Gasteiger partial charge in [0.1, 0.15) is 5.60 Å². The van der Waals surface area contributed by atoms with Crippen molar-refractivity contribution < 1.29 is 19.4 Å². The van der Waals surface area contributed by atoms with E-state index in [1.807, 2.05) is 20.8 Å². The van der Waals surface area contributed by atoms with E-state index in [4.69, 9.17) is 9.47 Å². The molecule has 0 aliphatic carbocycles. The third-order valence-corrected chi connectivity index (χ3v) is 2.94. The second kappa shape index (κ2) is 3.60. The van der Waals surface area contributed by atoms with Crippen LogP contribution in [0.1, 0.15) is 27.2 Å². The number of carbonyl (C=O) groups is 1. The molecule has 0 aromatic carbocycles. The van der Waals surface area contributed by atoms with Crippen LogP contribution in [0, 0.1) is 0 Å². The third-order valence-electron chi connectivity index (χ3n) is 2.94. The Morgan fingerprint density at radius 1 is 1.50 bits per heavy atom. The lowest BCUT2D eigenvalue weighted by Crippen LogP contribution is -2.61. The van der Waals surface area contributed by atoms with Gasteiger partial charge >= 0.3 is 6.09 Å². The number of amides is 1. The van der Waals surface area contributed by atoms with Gasteiger partial charge < -0.3 is 14.6 Å². The fourth-order valence-corrected chi connectivity index (χ4v) is 2.21. The van der Waals surface area contributed by atoms with Crippen LogP contribution in [0.5, 0.6) is 0 Å². The summed E-state index contributed by atoms with van der Waals surface area (Å²) in [6, 6.07) is 0. The lowest BCUT2D eigenvalue weighted by molar-refractivity contribution is -0.121. The summed E-state index contributed by atoms with van der Waals surface area (Å²) in [7, 11) is 0. The van der Waals surface area contributed by atoms with Crippen LogP contribution in [0.3, 0.4) is 0 Å². The number of nitrogens with zero attached hydrogens (tertiary/aromatic N) is 1. The van der Waals surface area contributed by atoms with Crippen LogP contribution in [-0.2, 0) is 9.47 Å². The molecule has 5 nitrogen and oxygen atoms in total. The topological polar surface area (TPSA) is 59.0 Å². The zero-order valence-electron chi connectivity index (χ0n) is 10.0. The van der Waals surface area contributed by atoms with Crippen molar-refractivity contribution in [3.8, 4) is 0 Å². The van der Waals surface area contributed by atoms with Crippen molar-refractivity contribution in [3.05, 3.63) is 0 Å². The number of rotatable bonds is 0. The molecule has 0 bridgehead atoms. The van der Waals surface area contributed by atoms with Gasteiger partial charge in [-0.2, -0.15) is 0 Å². The van der Waals surface area contributed by atoms with Crippen molar-refractivity contribution in [1.82, 2.24) is 4.90 Å². The zero-order chi connectivity index (χ0) is 12.0. The van der Waals surface area contributed by atoms with Crippen molar-refractivity contribution in [2.45, 2.75) is 44.4 Å². The van der Waals surface area contributed by atoms with Gasteiger partial charge in [0.25, 0.3) is 0 Å². The Labute approximate surface area is 95.3 Å². The molecule has 1 atom stereocenters. The minimum absolute atomic E-state index is 0.318. The third kappa shape index (κ3) is 2.01. The standard InChI is InChI=1S/C11H19NO4/c1-10(2,3)16-9(14)12-5-8(13)4-11(12)6-15-7-11/h8,13H,4-7H2,1-3H3. The van der Waals surface area contributed by atoms with E-state index in [0.29, 0.717) is 26.2 Å². The van der Waals surface area contributed by atoms with E-state index in [1.165, 1.54) is 0 Å². The van der Waals surface area contributed by atoms with E-state index in [2.05, 4.69) is 0 Å². The Kier molecular flexibility index (Phi) is 2.62. The normalized spacial score (nSPS) is 28.0. The van der Waals surface area contributed by atoms with Crippen LogP contribution in [0.25, 0.3) is 0 Å². The molecule has 2 aliphatic rings. The monoisotopic (exact) mass is 229 g/mol. The highest BCUT2D eigenvalue weighted by Gasteiger charge is 2.53. The lowest BCUT2D eigenvalue weighted by Gasteiger charge is -2.44. The summed E-state index contributed by atoms with van der Waals surface area (Å²) >= 11 is 0. The summed E-state index contributed by atoms with van der Waals surface area (Å²) in [5, 5.41) is 9.64. The maximum absolute atomic E-state index is 12.0. The Morgan fingerprint density at radius 3 is 2.56 bits per heavy atom. The van der Waals surface area contributed by atoms with Crippen molar-refractivity contribution in [1.29, 1.82) is 0 Å². The van der Waals surface area contributed by atoms with Gasteiger partial charge in [0, 0.05) is 6.42 Å². The van der Waals surface area contributed by atoms with Crippen LogP contribution >= 0.6 is 0 Å². The molecule has 2 rings (SSSR count). The molecule has 2 heterocycles. The van der Waals surface area contributed by atoms with Crippen molar-refractivity contribution in [3.63, 3.8) is 0 Å². The second-order valence-electron chi connectivity index (χ2n) is 5.67. The van der Waals surface area contributed by atoms with Gasteiger partial charge in [-0.15, -0.1) is 0 Å². The maximum Gasteiger partial charge on any atom is 0.411 e.